The lowest BCUT2D eigenvalue weighted by atomic mass is 10.4. The molecule has 0 N–H and O–H groups in total. The third-order valence-corrected chi connectivity index (χ3v) is 4.03. The first-order valence-electron chi connectivity index (χ1n) is 4.94. The van der Waals surface area contributed by atoms with Gasteiger partial charge in [-0.15, -0.1) is 0 Å². The Morgan fingerprint density at radius 2 is 2.20 bits per heavy atom. The van der Waals surface area contributed by atoms with E-state index in [9.17, 15) is 8.42 Å². The van der Waals surface area contributed by atoms with E-state index >= 15 is 0 Å². The first-order valence-corrected chi connectivity index (χ1v) is 6.55. The number of pyridine rings is 1. The van der Waals surface area contributed by atoms with E-state index in [-0.39, 0.29) is 5.75 Å². The number of sulfonamides is 1. The molecular weight excluding hydrogens is 212 g/mol. The second-order valence-electron chi connectivity index (χ2n) is 3.35. The van der Waals surface area contributed by atoms with Crippen molar-refractivity contribution in [1.29, 1.82) is 0 Å². The molecule has 15 heavy (non-hydrogen) atoms. The van der Waals surface area contributed by atoms with Gasteiger partial charge in [0.1, 0.15) is 0 Å². The molecule has 1 rings (SSSR count). The molecule has 5 heteroatoms. The summed E-state index contributed by atoms with van der Waals surface area (Å²) in [6.45, 7) is 1.97. The maximum atomic E-state index is 11.8. The van der Waals surface area contributed by atoms with Gasteiger partial charge in [0.15, 0.2) is 0 Å². The average molecular weight is 228 g/mol. The van der Waals surface area contributed by atoms with Gasteiger partial charge in [0, 0.05) is 13.2 Å². The lowest BCUT2D eigenvalue weighted by Crippen LogP contribution is -2.28. The molecule has 0 radical (unpaired) electrons. The molecule has 1 heterocycles. The van der Waals surface area contributed by atoms with Crippen LogP contribution in [0, 0.1) is 0 Å². The van der Waals surface area contributed by atoms with Gasteiger partial charge >= 0.3 is 0 Å². The van der Waals surface area contributed by atoms with E-state index in [1.54, 1.807) is 31.6 Å². The molecule has 0 aromatic carbocycles. The summed E-state index contributed by atoms with van der Waals surface area (Å²) in [6, 6.07) is 3.46. The first kappa shape index (κ1) is 12.0. The third kappa shape index (κ3) is 3.20. The lowest BCUT2D eigenvalue weighted by molar-refractivity contribution is 0.591. The molecule has 0 unspecified atom stereocenters. The van der Waals surface area contributed by atoms with Crippen LogP contribution in [0.5, 0.6) is 0 Å². The maximum absolute atomic E-state index is 11.8. The number of unbranched alkanes of at least 4 members (excludes halogenated alkanes) is 1. The highest BCUT2D eigenvalue weighted by molar-refractivity contribution is 7.92. The molecule has 1 aromatic rings. The van der Waals surface area contributed by atoms with Crippen molar-refractivity contribution in [1.82, 2.24) is 4.98 Å². The number of hydrogen-bond donors (Lipinski definition) is 0. The van der Waals surface area contributed by atoms with Crippen molar-refractivity contribution in [3.63, 3.8) is 0 Å². The van der Waals surface area contributed by atoms with Crippen molar-refractivity contribution in [3.8, 4) is 0 Å². The fraction of sp³-hybridized carbons (Fsp3) is 0.500. The molecule has 84 valence electrons. The van der Waals surface area contributed by atoms with Crippen LogP contribution in [0.4, 0.5) is 5.69 Å². The minimum absolute atomic E-state index is 0.189. The highest BCUT2D eigenvalue weighted by Crippen LogP contribution is 2.14. The minimum atomic E-state index is -3.18. The summed E-state index contributed by atoms with van der Waals surface area (Å²) in [5.41, 5.74) is 0.605. The van der Waals surface area contributed by atoms with Gasteiger partial charge in [-0.1, -0.05) is 13.3 Å². The topological polar surface area (TPSA) is 50.3 Å². The molecule has 0 aliphatic rings. The van der Waals surface area contributed by atoms with Crippen molar-refractivity contribution in [3.05, 3.63) is 24.5 Å². The Bertz CT molecular complexity index is 389. The largest absolute Gasteiger partial charge is 0.272 e. The predicted octanol–water partition coefficient (Wildman–Crippen LogP) is 1.65. The van der Waals surface area contributed by atoms with Crippen molar-refractivity contribution < 1.29 is 8.42 Å². The molecule has 0 aliphatic heterocycles. The quantitative estimate of drug-likeness (QED) is 0.770. The van der Waals surface area contributed by atoms with E-state index in [2.05, 4.69) is 4.98 Å². The van der Waals surface area contributed by atoms with Gasteiger partial charge in [-0.2, -0.15) is 0 Å². The van der Waals surface area contributed by atoms with Crippen LogP contribution in [0.1, 0.15) is 19.8 Å². The van der Waals surface area contributed by atoms with Gasteiger partial charge in [0.05, 0.1) is 17.6 Å². The zero-order valence-corrected chi connectivity index (χ0v) is 9.87. The second kappa shape index (κ2) is 5.11. The number of rotatable bonds is 5. The van der Waals surface area contributed by atoms with Crippen LogP contribution in [0.15, 0.2) is 24.5 Å². The second-order valence-corrected chi connectivity index (χ2v) is 5.47. The smallest absolute Gasteiger partial charge is 0.234 e. The zero-order valence-electron chi connectivity index (χ0n) is 9.05. The maximum Gasteiger partial charge on any atom is 0.234 e. The Kier molecular flexibility index (Phi) is 4.08. The lowest BCUT2D eigenvalue weighted by Gasteiger charge is -2.18. The molecular formula is C10H16N2O2S. The van der Waals surface area contributed by atoms with Gasteiger partial charge in [-0.25, -0.2) is 8.42 Å². The van der Waals surface area contributed by atoms with Gasteiger partial charge in [-0.05, 0) is 18.6 Å². The standard InChI is InChI=1S/C10H16N2O2S/c1-3-4-8-15(13,14)12(2)10-6-5-7-11-9-10/h5-7,9H,3-4,8H2,1-2H3. The van der Waals surface area contributed by atoms with Crippen LogP contribution in [0.2, 0.25) is 0 Å². The number of anilines is 1. The Morgan fingerprint density at radius 3 is 2.73 bits per heavy atom. The average Bonchev–Trinajstić information content (AvgIpc) is 2.26. The SMILES string of the molecule is CCCCS(=O)(=O)N(C)c1cccnc1. The molecule has 1 aromatic heterocycles. The van der Waals surface area contributed by atoms with Crippen molar-refractivity contribution in [2.45, 2.75) is 19.8 Å². The van der Waals surface area contributed by atoms with Crippen LogP contribution in [-0.4, -0.2) is 26.2 Å². The first-order chi connectivity index (χ1) is 7.08. The van der Waals surface area contributed by atoms with Crippen LogP contribution in [0.3, 0.4) is 0 Å². The van der Waals surface area contributed by atoms with Crippen LogP contribution < -0.4 is 4.31 Å². The number of hydrogen-bond acceptors (Lipinski definition) is 3. The van der Waals surface area contributed by atoms with Crippen molar-refractivity contribution in [2.24, 2.45) is 0 Å². The number of aromatic nitrogens is 1. The summed E-state index contributed by atoms with van der Waals surface area (Å²) < 4.78 is 24.9. The van der Waals surface area contributed by atoms with Gasteiger partial charge < -0.3 is 0 Å². The molecule has 0 atom stereocenters. The molecule has 4 nitrogen and oxygen atoms in total. The van der Waals surface area contributed by atoms with Gasteiger partial charge in [-0.3, -0.25) is 9.29 Å². The van der Waals surface area contributed by atoms with E-state index in [0.29, 0.717) is 12.1 Å². The number of nitrogens with zero attached hydrogens (tertiary/aromatic N) is 2. The Balaban J connectivity index is 2.80. The van der Waals surface area contributed by atoms with E-state index < -0.39 is 10.0 Å². The fourth-order valence-corrected chi connectivity index (χ4v) is 2.52. The summed E-state index contributed by atoms with van der Waals surface area (Å²) in [7, 11) is -1.62. The van der Waals surface area contributed by atoms with Crippen molar-refractivity contribution >= 4 is 15.7 Å². The molecule has 0 saturated carbocycles. The fourth-order valence-electron chi connectivity index (χ4n) is 1.16. The summed E-state index contributed by atoms with van der Waals surface area (Å²) in [5, 5.41) is 0. The third-order valence-electron chi connectivity index (χ3n) is 2.18. The van der Waals surface area contributed by atoms with E-state index in [4.69, 9.17) is 0 Å². The monoisotopic (exact) mass is 228 g/mol. The summed E-state index contributed by atoms with van der Waals surface area (Å²) in [5.74, 6) is 0.189. The van der Waals surface area contributed by atoms with Crippen LogP contribution in [-0.2, 0) is 10.0 Å². The minimum Gasteiger partial charge on any atom is -0.272 e. The van der Waals surface area contributed by atoms with Crippen LogP contribution in [0.25, 0.3) is 0 Å². The van der Waals surface area contributed by atoms with E-state index in [0.717, 1.165) is 6.42 Å². The molecule has 0 saturated heterocycles. The van der Waals surface area contributed by atoms with Crippen molar-refractivity contribution in [2.75, 3.05) is 17.1 Å². The molecule has 0 amide bonds. The van der Waals surface area contributed by atoms with Gasteiger partial charge in [0.2, 0.25) is 10.0 Å². The Labute approximate surface area is 91.0 Å². The summed E-state index contributed by atoms with van der Waals surface area (Å²) in [4.78, 5) is 3.89. The summed E-state index contributed by atoms with van der Waals surface area (Å²) >= 11 is 0. The summed E-state index contributed by atoms with van der Waals surface area (Å²) in [6.07, 6.45) is 4.73. The molecule has 0 aliphatic carbocycles. The van der Waals surface area contributed by atoms with Crippen LogP contribution >= 0.6 is 0 Å². The Hall–Kier alpha value is -1.10. The molecule has 0 bridgehead atoms. The Morgan fingerprint density at radius 1 is 1.47 bits per heavy atom. The van der Waals surface area contributed by atoms with E-state index in [1.807, 2.05) is 6.92 Å². The highest BCUT2D eigenvalue weighted by atomic mass is 32.2. The zero-order chi connectivity index (χ0) is 11.3. The highest BCUT2D eigenvalue weighted by Gasteiger charge is 2.17. The molecule has 0 spiro atoms. The van der Waals surface area contributed by atoms with E-state index in [1.165, 1.54) is 4.31 Å². The molecule has 0 fully saturated rings. The predicted molar refractivity (Wildman–Crippen MR) is 61.3 cm³/mol. The normalized spacial score (nSPS) is 11.3. The van der Waals surface area contributed by atoms with Gasteiger partial charge in [0.25, 0.3) is 0 Å².